The first kappa shape index (κ1) is 58.6. The van der Waals surface area contributed by atoms with E-state index in [0.717, 1.165) is 51.4 Å². The number of hydrogen-bond donors (Lipinski definition) is 9. The molecule has 65 heavy (non-hydrogen) atoms. The lowest BCUT2D eigenvalue weighted by Gasteiger charge is -2.46. The predicted octanol–water partition coefficient (Wildman–Crippen LogP) is 6.04. The zero-order valence-corrected chi connectivity index (χ0v) is 39.4. The van der Waals surface area contributed by atoms with Crippen LogP contribution in [0.25, 0.3) is 0 Å². The number of aliphatic hydroxyl groups is 8. The van der Waals surface area contributed by atoms with Crippen LogP contribution in [-0.4, -0.2) is 140 Å². The second-order valence-corrected chi connectivity index (χ2v) is 17.2. The molecule has 2 aliphatic heterocycles. The lowest BCUT2D eigenvalue weighted by atomic mass is 9.97. The van der Waals surface area contributed by atoms with Gasteiger partial charge in [-0.05, 0) is 44.9 Å². The molecule has 2 aliphatic rings. The average Bonchev–Trinajstić information content (AvgIpc) is 3.30. The first-order valence-corrected chi connectivity index (χ1v) is 24.7. The van der Waals surface area contributed by atoms with Crippen LogP contribution in [0, 0.1) is 0 Å². The van der Waals surface area contributed by atoms with E-state index in [1.165, 1.54) is 70.6 Å². The molecule has 0 aromatic heterocycles. The molecule has 14 heteroatoms. The van der Waals surface area contributed by atoms with E-state index in [1.54, 1.807) is 12.2 Å². The third kappa shape index (κ3) is 24.9. The smallest absolute Gasteiger partial charge is 0.224 e. The number of unbranched alkanes of at least 4 members (excludes halogenated alkanes) is 14. The molecule has 2 saturated heterocycles. The number of carbonyl (C=O) groups is 1. The number of nitrogens with one attached hydrogen (secondary N) is 1. The van der Waals surface area contributed by atoms with Gasteiger partial charge in [0.05, 0.1) is 32.0 Å². The van der Waals surface area contributed by atoms with Gasteiger partial charge < -0.3 is 65.1 Å². The lowest BCUT2D eigenvalue weighted by molar-refractivity contribution is -0.359. The standard InChI is InChI=1S/C51H87NO13/c1-3-5-7-9-11-13-15-17-19-21-22-24-26-28-30-32-34-40(55)39(52-43(56)35-33-31-29-27-25-23-20-18-16-14-12-10-8-6-4-2)38-62-50-48(61)46(59)49(42(37-54)64-50)65-51-47(60)45(58)44(57)41(36-53)63-51/h6,8,12,14,18,20,25,27,31-34,39-42,44-51,53-55,57-61H,3-5,7,9-11,13,15-17,19,21-24,26,28-30,35-38H2,1-2H3,(H,52,56)/b8-6-,14-12-,20-18-,27-25-,33-31-,34-32+. The fourth-order valence-electron chi connectivity index (χ4n) is 7.65. The van der Waals surface area contributed by atoms with Gasteiger partial charge in [0.2, 0.25) is 5.91 Å². The van der Waals surface area contributed by atoms with Gasteiger partial charge in [-0.1, -0.05) is 170 Å². The summed E-state index contributed by atoms with van der Waals surface area (Å²) in [5.41, 5.74) is 0. The van der Waals surface area contributed by atoms with Crippen LogP contribution in [0.2, 0.25) is 0 Å². The molecule has 14 nitrogen and oxygen atoms in total. The lowest BCUT2D eigenvalue weighted by Crippen LogP contribution is -2.65. The highest BCUT2D eigenvalue weighted by molar-refractivity contribution is 5.77. The van der Waals surface area contributed by atoms with Gasteiger partial charge >= 0.3 is 0 Å². The number of allylic oxidation sites excluding steroid dienone is 10. The van der Waals surface area contributed by atoms with E-state index in [-0.39, 0.29) is 18.9 Å². The third-order valence-electron chi connectivity index (χ3n) is 11.7. The highest BCUT2D eigenvalue weighted by atomic mass is 16.7. The summed E-state index contributed by atoms with van der Waals surface area (Å²) in [6.45, 7) is 2.58. The summed E-state index contributed by atoms with van der Waals surface area (Å²) < 4.78 is 22.6. The molecular weight excluding hydrogens is 835 g/mol. The minimum Gasteiger partial charge on any atom is -0.394 e. The first-order valence-electron chi connectivity index (χ1n) is 24.7. The van der Waals surface area contributed by atoms with E-state index >= 15 is 0 Å². The van der Waals surface area contributed by atoms with Crippen molar-refractivity contribution in [2.75, 3.05) is 19.8 Å². The number of hydrogen-bond acceptors (Lipinski definition) is 13. The zero-order chi connectivity index (χ0) is 47.5. The van der Waals surface area contributed by atoms with Crippen molar-refractivity contribution in [3.63, 3.8) is 0 Å². The maximum absolute atomic E-state index is 13.1. The van der Waals surface area contributed by atoms with E-state index in [2.05, 4.69) is 61.7 Å². The molecule has 0 aliphatic carbocycles. The average molecular weight is 922 g/mol. The van der Waals surface area contributed by atoms with E-state index in [9.17, 15) is 45.6 Å². The van der Waals surface area contributed by atoms with Crippen LogP contribution in [0.1, 0.15) is 149 Å². The van der Waals surface area contributed by atoms with Gasteiger partial charge in [-0.3, -0.25) is 4.79 Å². The molecule has 2 rings (SSSR count). The van der Waals surface area contributed by atoms with Crippen molar-refractivity contribution in [2.24, 2.45) is 0 Å². The topological polar surface area (TPSA) is 228 Å². The Labute approximate surface area is 389 Å². The molecule has 12 unspecified atom stereocenters. The van der Waals surface area contributed by atoms with Crippen molar-refractivity contribution in [1.82, 2.24) is 5.32 Å². The Hall–Kier alpha value is -2.57. The van der Waals surface area contributed by atoms with Gasteiger partial charge in [0.15, 0.2) is 12.6 Å². The van der Waals surface area contributed by atoms with Crippen molar-refractivity contribution in [2.45, 2.75) is 222 Å². The summed E-state index contributed by atoms with van der Waals surface area (Å²) >= 11 is 0. The van der Waals surface area contributed by atoms with Crippen molar-refractivity contribution >= 4 is 5.91 Å². The molecule has 0 aromatic carbocycles. The van der Waals surface area contributed by atoms with E-state index < -0.39 is 86.8 Å². The number of carbonyl (C=O) groups excluding carboxylic acids is 1. The SMILES string of the molecule is CC/C=C\C/C=C\C/C=C\C/C=C\C/C=C\CC(=O)NC(COC1OC(CO)C(OC2OC(CO)C(O)C(O)C2O)C(O)C1O)C(O)/C=C/CCCCCCCCCCCCCCCC. The van der Waals surface area contributed by atoms with Crippen LogP contribution in [0.15, 0.2) is 72.9 Å². The molecule has 0 bridgehead atoms. The Bertz CT molecular complexity index is 1370. The highest BCUT2D eigenvalue weighted by Gasteiger charge is 2.51. The fourth-order valence-corrected chi connectivity index (χ4v) is 7.65. The molecule has 0 saturated carbocycles. The Balaban J connectivity index is 1.92. The summed E-state index contributed by atoms with van der Waals surface area (Å²) in [4.78, 5) is 13.1. The summed E-state index contributed by atoms with van der Waals surface area (Å²) in [7, 11) is 0. The molecule has 2 heterocycles. The molecule has 0 aromatic rings. The largest absolute Gasteiger partial charge is 0.394 e. The Morgan fingerprint density at radius 3 is 1.57 bits per heavy atom. The molecule has 2 fully saturated rings. The molecule has 0 radical (unpaired) electrons. The molecule has 12 atom stereocenters. The second kappa shape index (κ2) is 37.4. The maximum Gasteiger partial charge on any atom is 0.224 e. The van der Waals surface area contributed by atoms with Crippen LogP contribution in [0.4, 0.5) is 0 Å². The van der Waals surface area contributed by atoms with Crippen LogP contribution in [-0.2, 0) is 23.7 Å². The van der Waals surface area contributed by atoms with Gasteiger partial charge in [0.25, 0.3) is 0 Å². The van der Waals surface area contributed by atoms with Gasteiger partial charge in [-0.15, -0.1) is 0 Å². The number of rotatable bonds is 36. The van der Waals surface area contributed by atoms with Crippen molar-refractivity contribution in [1.29, 1.82) is 0 Å². The Morgan fingerprint density at radius 1 is 0.569 bits per heavy atom. The Kier molecular flexibility index (Phi) is 33.7. The highest BCUT2D eigenvalue weighted by Crippen LogP contribution is 2.30. The molecule has 9 N–H and O–H groups in total. The monoisotopic (exact) mass is 922 g/mol. The zero-order valence-electron chi connectivity index (χ0n) is 39.4. The third-order valence-corrected chi connectivity index (χ3v) is 11.7. The van der Waals surface area contributed by atoms with Crippen LogP contribution in [0.5, 0.6) is 0 Å². The van der Waals surface area contributed by atoms with E-state index in [0.29, 0.717) is 6.42 Å². The number of ether oxygens (including phenoxy) is 4. The van der Waals surface area contributed by atoms with E-state index in [1.807, 2.05) is 18.2 Å². The number of amides is 1. The van der Waals surface area contributed by atoms with Crippen LogP contribution in [0.3, 0.4) is 0 Å². The molecule has 1 amide bonds. The van der Waals surface area contributed by atoms with Crippen LogP contribution >= 0.6 is 0 Å². The summed E-state index contributed by atoms with van der Waals surface area (Å²) in [5, 5.41) is 86.6. The second-order valence-electron chi connectivity index (χ2n) is 17.2. The quantitative estimate of drug-likeness (QED) is 0.0258. The Morgan fingerprint density at radius 2 is 1.05 bits per heavy atom. The minimum absolute atomic E-state index is 0.0460. The summed E-state index contributed by atoms with van der Waals surface area (Å²) in [6, 6.07) is -0.971. The van der Waals surface area contributed by atoms with Crippen molar-refractivity contribution in [3.05, 3.63) is 72.9 Å². The van der Waals surface area contributed by atoms with Gasteiger partial charge in [-0.25, -0.2) is 0 Å². The predicted molar refractivity (Wildman–Crippen MR) is 253 cm³/mol. The van der Waals surface area contributed by atoms with Crippen LogP contribution < -0.4 is 5.32 Å². The summed E-state index contributed by atoms with van der Waals surface area (Å²) in [6.07, 6.45) is 29.7. The van der Waals surface area contributed by atoms with Gasteiger partial charge in [0, 0.05) is 6.42 Å². The minimum atomic E-state index is -1.80. The van der Waals surface area contributed by atoms with Crippen molar-refractivity contribution in [3.8, 4) is 0 Å². The molecular formula is C51H87NO13. The van der Waals surface area contributed by atoms with E-state index in [4.69, 9.17) is 18.9 Å². The number of aliphatic hydroxyl groups excluding tert-OH is 8. The maximum atomic E-state index is 13.1. The normalized spacial score (nSPS) is 27.7. The van der Waals surface area contributed by atoms with Gasteiger partial charge in [-0.2, -0.15) is 0 Å². The first-order chi connectivity index (χ1) is 31.6. The molecule has 374 valence electrons. The van der Waals surface area contributed by atoms with Gasteiger partial charge in [0.1, 0.15) is 48.8 Å². The molecule has 0 spiro atoms. The van der Waals surface area contributed by atoms with Crippen molar-refractivity contribution < 1.29 is 64.6 Å². The summed E-state index contributed by atoms with van der Waals surface area (Å²) in [5.74, 6) is -0.370. The fraction of sp³-hybridized carbons (Fsp3) is 0.745.